The average Bonchev–Trinajstić information content (AvgIpc) is 3.47. The average molecular weight is 670 g/mol. The smallest absolute Gasteiger partial charge is 0.355 e. The number of nitrogens with zero attached hydrogens (tertiary/aromatic N) is 1. The number of anilines is 1. The lowest BCUT2D eigenvalue weighted by molar-refractivity contribution is 0.0690. The summed E-state index contributed by atoms with van der Waals surface area (Å²) < 4.78 is 6.12. The molecule has 6 N–H and O–H groups in total. The number of amides is 3. The first-order valence-electron chi connectivity index (χ1n) is 15.9. The molecule has 48 heavy (non-hydrogen) atoms. The molecule has 0 atom stereocenters. The van der Waals surface area contributed by atoms with Crippen LogP contribution in [0.3, 0.4) is 0 Å². The van der Waals surface area contributed by atoms with E-state index in [4.69, 9.17) is 10.5 Å². The highest BCUT2D eigenvalue weighted by molar-refractivity contribution is 7.13. The minimum atomic E-state index is -1.37. The van der Waals surface area contributed by atoms with E-state index in [-0.39, 0.29) is 46.1 Å². The number of pyridine rings is 1. The zero-order chi connectivity index (χ0) is 34.4. The Morgan fingerprint density at radius 2 is 1.73 bits per heavy atom. The summed E-state index contributed by atoms with van der Waals surface area (Å²) in [6, 6.07) is 13.3. The molecule has 12 heteroatoms. The molecule has 0 radical (unpaired) electrons. The molecule has 0 saturated carbocycles. The lowest BCUT2D eigenvalue weighted by atomic mass is 9.93. The van der Waals surface area contributed by atoms with Gasteiger partial charge in [0.25, 0.3) is 17.7 Å². The van der Waals surface area contributed by atoms with Crippen LogP contribution in [-0.4, -0.2) is 53.5 Å². The summed E-state index contributed by atoms with van der Waals surface area (Å²) in [5.41, 5.74) is 8.96. The number of benzene rings is 2. The van der Waals surface area contributed by atoms with Crippen LogP contribution < -0.4 is 26.4 Å². The molecule has 2 aromatic heterocycles. The molecule has 1 aliphatic heterocycles. The first-order chi connectivity index (χ1) is 23.1. The largest absolute Gasteiger partial charge is 0.493 e. The summed E-state index contributed by atoms with van der Waals surface area (Å²) in [6.07, 6.45) is 2.15. The molecule has 5 rings (SSSR count). The van der Waals surface area contributed by atoms with Crippen LogP contribution >= 0.6 is 11.3 Å². The summed E-state index contributed by atoms with van der Waals surface area (Å²) in [6.45, 7) is 7.50. The minimum Gasteiger partial charge on any atom is -0.493 e. The highest BCUT2D eigenvalue weighted by atomic mass is 32.1. The number of carbonyl (C=O) groups excluding carboxylic acids is 3. The maximum atomic E-state index is 14.3. The predicted octanol–water partition coefficient (Wildman–Crippen LogP) is 5.74. The van der Waals surface area contributed by atoms with E-state index < -0.39 is 23.5 Å². The van der Waals surface area contributed by atoms with Gasteiger partial charge in [0.2, 0.25) is 0 Å². The zero-order valence-corrected chi connectivity index (χ0v) is 28.0. The second-order valence-corrected chi connectivity index (χ2v) is 12.8. The standard InChI is InChI=1S/C36H39N5O6S/c1-4-12-38-35(44)29-8-6-23(31(40-29)36(45)46)24-18-30-27(32-22(10-14-47-30)11-15-48-32)17-25(24)34(43)41-28-7-5-21(19-37)16-26(28)33(42)39-13-9-20(2)3/h5-8,11,15-18,20H,4,9-10,12-14,19,37H2,1-3H3,(H,38,44)(H,39,42)(H,41,43)(H,45,46). The number of aromatic carboxylic acids is 1. The van der Waals surface area contributed by atoms with Crippen molar-refractivity contribution in [2.45, 2.75) is 46.6 Å². The fraction of sp³-hybridized carbons (Fsp3) is 0.306. The maximum Gasteiger partial charge on any atom is 0.355 e. The quantitative estimate of drug-likeness (QED) is 0.127. The van der Waals surface area contributed by atoms with E-state index in [0.29, 0.717) is 49.8 Å². The first-order valence-corrected chi connectivity index (χ1v) is 16.8. The van der Waals surface area contributed by atoms with E-state index in [0.717, 1.165) is 22.4 Å². The van der Waals surface area contributed by atoms with Crippen molar-refractivity contribution in [2.24, 2.45) is 11.7 Å². The number of hydrogen-bond donors (Lipinski definition) is 5. The number of fused-ring (bicyclic) bond motifs is 3. The number of thiophene rings is 1. The monoisotopic (exact) mass is 669 g/mol. The van der Waals surface area contributed by atoms with Crippen molar-refractivity contribution in [3.63, 3.8) is 0 Å². The number of nitrogens with one attached hydrogen (secondary N) is 3. The number of carboxylic acids is 1. The molecule has 250 valence electrons. The van der Waals surface area contributed by atoms with E-state index in [1.165, 1.54) is 23.5 Å². The highest BCUT2D eigenvalue weighted by Crippen LogP contribution is 2.43. The van der Waals surface area contributed by atoms with Gasteiger partial charge in [0.1, 0.15) is 11.4 Å². The van der Waals surface area contributed by atoms with Gasteiger partial charge in [0.15, 0.2) is 5.69 Å². The third-order valence-corrected chi connectivity index (χ3v) is 8.95. The molecule has 0 saturated heterocycles. The topological polar surface area (TPSA) is 173 Å². The molecule has 0 fully saturated rings. The Kier molecular flexibility index (Phi) is 10.9. The Labute approximate surface area is 282 Å². The number of rotatable bonds is 12. The molecule has 0 unspecified atom stereocenters. The summed E-state index contributed by atoms with van der Waals surface area (Å²) in [5, 5.41) is 20.7. The third-order valence-electron chi connectivity index (χ3n) is 7.96. The van der Waals surface area contributed by atoms with Gasteiger partial charge in [-0.1, -0.05) is 26.8 Å². The number of aromatic nitrogens is 1. The van der Waals surface area contributed by atoms with Crippen molar-refractivity contribution in [1.29, 1.82) is 0 Å². The fourth-order valence-corrected chi connectivity index (χ4v) is 6.37. The van der Waals surface area contributed by atoms with E-state index in [9.17, 15) is 24.3 Å². The molecule has 0 spiro atoms. The van der Waals surface area contributed by atoms with E-state index in [2.05, 4.69) is 34.8 Å². The lowest BCUT2D eigenvalue weighted by Crippen LogP contribution is -2.27. The number of ether oxygens (including phenoxy) is 1. The Morgan fingerprint density at radius 3 is 2.46 bits per heavy atom. The van der Waals surface area contributed by atoms with Crippen LogP contribution in [0.4, 0.5) is 5.69 Å². The second-order valence-electron chi connectivity index (χ2n) is 11.9. The number of hydrogen-bond acceptors (Lipinski definition) is 8. The second kappa shape index (κ2) is 15.2. The third kappa shape index (κ3) is 7.56. The van der Waals surface area contributed by atoms with Crippen LogP contribution in [0.25, 0.3) is 21.6 Å². The van der Waals surface area contributed by atoms with E-state index >= 15 is 0 Å². The van der Waals surface area contributed by atoms with Crippen LogP contribution in [0.1, 0.15) is 86.4 Å². The van der Waals surface area contributed by atoms with Crippen LogP contribution in [0.2, 0.25) is 0 Å². The van der Waals surface area contributed by atoms with Crippen molar-refractivity contribution in [2.75, 3.05) is 25.0 Å². The lowest BCUT2D eigenvalue weighted by Gasteiger charge is -2.18. The van der Waals surface area contributed by atoms with Crippen molar-refractivity contribution in [1.82, 2.24) is 15.6 Å². The first kappa shape index (κ1) is 34.3. The predicted molar refractivity (Wildman–Crippen MR) is 186 cm³/mol. The molecule has 2 aromatic carbocycles. The van der Waals surface area contributed by atoms with Crippen LogP contribution in [0.5, 0.6) is 5.75 Å². The van der Waals surface area contributed by atoms with Crippen LogP contribution in [0.15, 0.2) is 53.9 Å². The van der Waals surface area contributed by atoms with Gasteiger partial charge in [-0.15, -0.1) is 11.3 Å². The van der Waals surface area contributed by atoms with Crippen molar-refractivity contribution in [3.05, 3.63) is 87.6 Å². The van der Waals surface area contributed by atoms with Gasteiger partial charge in [0.05, 0.1) is 17.9 Å². The fourth-order valence-electron chi connectivity index (χ4n) is 5.40. The van der Waals surface area contributed by atoms with Crippen molar-refractivity contribution >= 4 is 40.7 Å². The summed E-state index contributed by atoms with van der Waals surface area (Å²) in [4.78, 5) is 58.0. The highest BCUT2D eigenvalue weighted by Gasteiger charge is 2.27. The Balaban J connectivity index is 1.63. The molecular weight excluding hydrogens is 630 g/mol. The zero-order valence-electron chi connectivity index (χ0n) is 27.1. The molecular formula is C36H39N5O6S. The number of nitrogens with two attached hydrogens (primary N) is 1. The van der Waals surface area contributed by atoms with Gasteiger partial charge in [0, 0.05) is 53.2 Å². The Bertz CT molecular complexity index is 1870. The normalized spacial score (nSPS) is 11.9. The number of carbonyl (C=O) groups is 4. The van der Waals surface area contributed by atoms with Crippen molar-refractivity contribution in [3.8, 4) is 27.3 Å². The van der Waals surface area contributed by atoms with Gasteiger partial charge in [-0.05, 0) is 77.7 Å². The van der Waals surface area contributed by atoms with Gasteiger partial charge in [-0.25, -0.2) is 9.78 Å². The van der Waals surface area contributed by atoms with E-state index in [1.807, 2.05) is 18.4 Å². The molecule has 0 bridgehead atoms. The van der Waals surface area contributed by atoms with Crippen LogP contribution in [-0.2, 0) is 13.0 Å². The summed E-state index contributed by atoms with van der Waals surface area (Å²) in [7, 11) is 0. The summed E-state index contributed by atoms with van der Waals surface area (Å²) in [5.74, 6) is -1.91. The van der Waals surface area contributed by atoms with Gasteiger partial charge in [-0.3, -0.25) is 14.4 Å². The van der Waals surface area contributed by atoms with Crippen LogP contribution in [0, 0.1) is 5.92 Å². The molecule has 4 aromatic rings. The number of carboxylic acid groups (broad SMARTS) is 1. The summed E-state index contributed by atoms with van der Waals surface area (Å²) >= 11 is 1.52. The molecule has 1 aliphatic rings. The van der Waals surface area contributed by atoms with Gasteiger partial charge in [-0.2, -0.15) is 0 Å². The molecule has 3 amide bonds. The SMILES string of the molecule is CCCNC(=O)c1ccc(-c2cc3c(cc2C(=O)Nc2ccc(CN)cc2C(=O)NCCC(C)C)-c2sccc2CCO3)c(C(=O)O)n1. The van der Waals surface area contributed by atoms with Gasteiger partial charge >= 0.3 is 5.97 Å². The molecule has 3 heterocycles. The molecule has 11 nitrogen and oxygen atoms in total. The maximum absolute atomic E-state index is 14.3. The minimum absolute atomic E-state index is 0.0575. The Morgan fingerprint density at radius 1 is 0.938 bits per heavy atom. The molecule has 0 aliphatic carbocycles. The van der Waals surface area contributed by atoms with E-state index in [1.54, 1.807) is 30.3 Å². The van der Waals surface area contributed by atoms with Gasteiger partial charge < -0.3 is 31.5 Å². The Hall–Kier alpha value is -5.07. The van der Waals surface area contributed by atoms with Crippen molar-refractivity contribution < 1.29 is 29.0 Å².